The summed E-state index contributed by atoms with van der Waals surface area (Å²) >= 11 is 0. The molecule has 0 spiro atoms. The van der Waals surface area contributed by atoms with Crippen LogP contribution in [0.1, 0.15) is 70.6 Å². The van der Waals surface area contributed by atoms with Crippen LogP contribution in [-0.2, 0) is 0 Å². The fourth-order valence-electron chi connectivity index (χ4n) is 5.47. The molecule has 2 aliphatic heterocycles. The Balaban J connectivity index is 1.37. The summed E-state index contributed by atoms with van der Waals surface area (Å²) in [4.78, 5) is 5.20. The van der Waals surface area contributed by atoms with E-state index in [0.29, 0.717) is 0 Å². The highest BCUT2D eigenvalue weighted by molar-refractivity contribution is 6.04. The zero-order valence-corrected chi connectivity index (χ0v) is 15.1. The lowest BCUT2D eigenvalue weighted by Gasteiger charge is -2.38. The monoisotopic (exact) mass is 302 g/mol. The molecule has 2 heterocycles. The van der Waals surface area contributed by atoms with Gasteiger partial charge in [0.05, 0.1) is 0 Å². The molecule has 0 N–H and O–H groups in total. The standard InChI is InChI=1S/C18H36B2N2/c19-21-10-3-4-17(14-21)12-15-6-8-16(9-7-15)13-18-5-1-2-11-22(18)20/h15-18H,1-14,19-20H2. The van der Waals surface area contributed by atoms with E-state index in [9.17, 15) is 0 Å². The first kappa shape index (κ1) is 16.9. The van der Waals surface area contributed by atoms with Crippen LogP contribution in [0.4, 0.5) is 0 Å². The third-order valence-corrected chi connectivity index (χ3v) is 6.88. The van der Waals surface area contributed by atoms with Crippen LogP contribution in [0.2, 0.25) is 0 Å². The van der Waals surface area contributed by atoms with Crippen molar-refractivity contribution in [3.63, 3.8) is 0 Å². The summed E-state index contributed by atoms with van der Waals surface area (Å²) in [5.74, 6) is 3.09. The van der Waals surface area contributed by atoms with Crippen LogP contribution in [-0.4, -0.2) is 51.3 Å². The zero-order chi connectivity index (χ0) is 15.4. The molecule has 0 bridgehead atoms. The highest BCUT2D eigenvalue weighted by Crippen LogP contribution is 2.37. The summed E-state index contributed by atoms with van der Waals surface area (Å²) in [5.41, 5.74) is 0. The van der Waals surface area contributed by atoms with Gasteiger partial charge in [0.25, 0.3) is 0 Å². The Morgan fingerprint density at radius 1 is 0.682 bits per heavy atom. The molecular weight excluding hydrogens is 266 g/mol. The minimum Gasteiger partial charge on any atom is -0.348 e. The van der Waals surface area contributed by atoms with Crippen LogP contribution in [0.25, 0.3) is 0 Å². The van der Waals surface area contributed by atoms with Crippen molar-refractivity contribution in [3.05, 3.63) is 0 Å². The highest BCUT2D eigenvalue weighted by Gasteiger charge is 2.28. The maximum absolute atomic E-state index is 2.65. The predicted octanol–water partition coefficient (Wildman–Crippen LogP) is 2.24. The van der Waals surface area contributed by atoms with Gasteiger partial charge in [-0.15, -0.1) is 0 Å². The molecule has 3 fully saturated rings. The molecule has 2 unspecified atom stereocenters. The Morgan fingerprint density at radius 3 is 2.09 bits per heavy atom. The summed E-state index contributed by atoms with van der Waals surface area (Å²) in [5, 5.41) is 0. The van der Waals surface area contributed by atoms with E-state index in [1.165, 1.54) is 90.3 Å². The zero-order valence-electron chi connectivity index (χ0n) is 15.1. The van der Waals surface area contributed by atoms with Gasteiger partial charge in [-0.2, -0.15) is 0 Å². The van der Waals surface area contributed by atoms with Crippen molar-refractivity contribution in [1.29, 1.82) is 0 Å². The first-order chi connectivity index (χ1) is 10.7. The Hall–Kier alpha value is 0.0499. The van der Waals surface area contributed by atoms with Gasteiger partial charge >= 0.3 is 0 Å². The second kappa shape index (κ2) is 8.24. The third kappa shape index (κ3) is 4.77. The van der Waals surface area contributed by atoms with E-state index in [0.717, 1.165) is 23.8 Å². The van der Waals surface area contributed by atoms with Crippen molar-refractivity contribution in [1.82, 2.24) is 9.62 Å². The van der Waals surface area contributed by atoms with Gasteiger partial charge in [-0.3, -0.25) is 0 Å². The lowest BCUT2D eigenvalue weighted by molar-refractivity contribution is 0.160. The van der Waals surface area contributed by atoms with Crippen molar-refractivity contribution in [2.24, 2.45) is 17.8 Å². The Bertz CT molecular complexity index is 331. The molecule has 3 rings (SSSR count). The highest BCUT2D eigenvalue weighted by atomic mass is 15.1. The van der Waals surface area contributed by atoms with Gasteiger partial charge in [-0.1, -0.05) is 32.1 Å². The smallest absolute Gasteiger partial charge is 0.185 e. The second-order valence-corrected chi connectivity index (χ2v) is 8.76. The molecule has 2 saturated heterocycles. The Morgan fingerprint density at radius 2 is 1.41 bits per heavy atom. The normalized spacial score (nSPS) is 38.9. The van der Waals surface area contributed by atoms with E-state index in [1.807, 2.05) is 0 Å². The molecule has 1 aliphatic carbocycles. The maximum Gasteiger partial charge on any atom is 0.185 e. The van der Waals surface area contributed by atoms with E-state index in [4.69, 9.17) is 0 Å². The SMILES string of the molecule is BN1CCCC(CC2CCC(CC3CCCCN3B)CC2)C1. The van der Waals surface area contributed by atoms with Crippen LogP contribution in [0.3, 0.4) is 0 Å². The largest absolute Gasteiger partial charge is 0.348 e. The molecule has 0 aromatic carbocycles. The topological polar surface area (TPSA) is 6.48 Å². The fraction of sp³-hybridized carbons (Fsp3) is 1.00. The van der Waals surface area contributed by atoms with Crippen LogP contribution < -0.4 is 0 Å². The minimum atomic E-state index is 0.905. The molecule has 22 heavy (non-hydrogen) atoms. The lowest BCUT2D eigenvalue weighted by Crippen LogP contribution is -2.39. The molecule has 1 saturated carbocycles. The van der Waals surface area contributed by atoms with Crippen molar-refractivity contribution >= 4 is 16.0 Å². The Labute approximate surface area is 140 Å². The molecule has 2 atom stereocenters. The van der Waals surface area contributed by atoms with Crippen LogP contribution >= 0.6 is 0 Å². The molecule has 4 heteroatoms. The van der Waals surface area contributed by atoms with Crippen LogP contribution in [0.15, 0.2) is 0 Å². The molecule has 2 nitrogen and oxygen atoms in total. The maximum atomic E-state index is 2.65. The predicted molar refractivity (Wildman–Crippen MR) is 100 cm³/mol. The number of nitrogens with zero attached hydrogens (tertiary/aromatic N) is 2. The minimum absolute atomic E-state index is 0.905. The second-order valence-electron chi connectivity index (χ2n) is 8.76. The quantitative estimate of drug-likeness (QED) is 0.735. The van der Waals surface area contributed by atoms with Gasteiger partial charge in [0, 0.05) is 0 Å². The van der Waals surface area contributed by atoms with Crippen LogP contribution in [0.5, 0.6) is 0 Å². The first-order valence-corrected chi connectivity index (χ1v) is 10.1. The van der Waals surface area contributed by atoms with Gasteiger partial charge in [0.15, 0.2) is 16.0 Å². The van der Waals surface area contributed by atoms with Gasteiger partial charge in [0.2, 0.25) is 0 Å². The first-order valence-electron chi connectivity index (χ1n) is 10.1. The molecule has 0 aromatic heterocycles. The molecule has 0 amide bonds. The summed E-state index contributed by atoms with van der Waals surface area (Å²) in [6, 6.07) is 0.905. The number of rotatable bonds is 4. The van der Waals surface area contributed by atoms with E-state index >= 15 is 0 Å². The van der Waals surface area contributed by atoms with Crippen molar-refractivity contribution in [2.75, 3.05) is 19.6 Å². The van der Waals surface area contributed by atoms with Gasteiger partial charge in [-0.05, 0) is 82.0 Å². The number of hydrogen-bond acceptors (Lipinski definition) is 2. The molecular formula is C18H36B2N2. The number of hydrogen-bond donors (Lipinski definition) is 0. The van der Waals surface area contributed by atoms with E-state index < -0.39 is 0 Å². The molecule has 0 radical (unpaired) electrons. The van der Waals surface area contributed by atoms with Gasteiger partial charge < -0.3 is 9.62 Å². The summed E-state index contributed by atoms with van der Waals surface area (Å²) in [6.07, 6.45) is 16.4. The average molecular weight is 302 g/mol. The van der Waals surface area contributed by atoms with Crippen LogP contribution in [0, 0.1) is 17.8 Å². The third-order valence-electron chi connectivity index (χ3n) is 6.88. The van der Waals surface area contributed by atoms with Gasteiger partial charge in [0.1, 0.15) is 0 Å². The van der Waals surface area contributed by atoms with Crippen molar-refractivity contribution < 1.29 is 0 Å². The molecule has 124 valence electrons. The fourth-order valence-corrected chi connectivity index (χ4v) is 5.47. The molecule has 3 aliphatic rings. The summed E-state index contributed by atoms with van der Waals surface area (Å²) in [7, 11) is 4.67. The molecule has 0 aromatic rings. The lowest BCUT2D eigenvalue weighted by atomic mass is 9.74. The number of piperidine rings is 2. The van der Waals surface area contributed by atoms with Crippen molar-refractivity contribution in [3.8, 4) is 0 Å². The Kier molecular flexibility index (Phi) is 6.33. The average Bonchev–Trinajstić information content (AvgIpc) is 2.52. The van der Waals surface area contributed by atoms with Crippen molar-refractivity contribution in [2.45, 2.75) is 76.7 Å². The van der Waals surface area contributed by atoms with E-state index in [-0.39, 0.29) is 0 Å². The summed E-state index contributed by atoms with van der Waals surface area (Å²) in [6.45, 7) is 4.04. The summed E-state index contributed by atoms with van der Waals surface area (Å²) < 4.78 is 0. The van der Waals surface area contributed by atoms with E-state index in [1.54, 1.807) is 0 Å². The van der Waals surface area contributed by atoms with Gasteiger partial charge in [-0.25, -0.2) is 0 Å². The van der Waals surface area contributed by atoms with E-state index in [2.05, 4.69) is 25.6 Å².